The van der Waals surface area contributed by atoms with Crippen LogP contribution < -0.4 is 0 Å². The molecule has 3 nitrogen and oxygen atoms in total. The SMILES string of the molecule is C=C(CCC=C(C)C)C1CC23C(C)=CC1C(=O)C2(C)CCC1C(C)C(=O)OC13. The smallest absolute Gasteiger partial charge is 0.309 e. The van der Waals surface area contributed by atoms with Crippen molar-refractivity contribution in [2.45, 2.75) is 72.8 Å². The minimum absolute atomic E-state index is 0.0582. The van der Waals surface area contributed by atoms with E-state index in [0.29, 0.717) is 5.78 Å². The molecule has 5 rings (SSSR count). The molecule has 0 aromatic carbocycles. The van der Waals surface area contributed by atoms with Crippen LogP contribution in [-0.2, 0) is 14.3 Å². The summed E-state index contributed by atoms with van der Waals surface area (Å²) in [5.41, 5.74) is 2.99. The first-order chi connectivity index (χ1) is 13.1. The van der Waals surface area contributed by atoms with Gasteiger partial charge in [-0.25, -0.2) is 0 Å². The summed E-state index contributed by atoms with van der Waals surface area (Å²) >= 11 is 0. The van der Waals surface area contributed by atoms with Crippen molar-refractivity contribution < 1.29 is 14.3 Å². The Labute approximate surface area is 169 Å². The summed E-state index contributed by atoms with van der Waals surface area (Å²) in [5, 5.41) is 0. The van der Waals surface area contributed by atoms with Gasteiger partial charge in [0.05, 0.1) is 5.92 Å². The van der Waals surface area contributed by atoms with Crippen LogP contribution in [-0.4, -0.2) is 17.9 Å². The van der Waals surface area contributed by atoms with Crippen LogP contribution in [0.15, 0.2) is 35.5 Å². The highest BCUT2D eigenvalue weighted by molar-refractivity contribution is 5.93. The maximum Gasteiger partial charge on any atom is 0.309 e. The summed E-state index contributed by atoms with van der Waals surface area (Å²) < 4.78 is 6.02. The second-order valence-electron chi connectivity index (χ2n) is 10.2. The fourth-order valence-corrected chi connectivity index (χ4v) is 6.89. The Balaban J connectivity index is 1.72. The number of fused-ring (bicyclic) bond motifs is 2. The molecule has 7 unspecified atom stereocenters. The van der Waals surface area contributed by atoms with E-state index in [4.69, 9.17) is 4.74 Å². The standard InChI is InChI=1S/C25H34O3/c1-14(2)8-7-9-15(3)20-13-25-16(4)12-19(20)21(26)24(25,6)11-10-18-17(5)23(27)28-22(18)25/h8,12,17-20,22H,3,7,9-11,13H2,1-2,4-6H3. The third-order valence-corrected chi connectivity index (χ3v) is 8.59. The topological polar surface area (TPSA) is 43.4 Å². The predicted molar refractivity (Wildman–Crippen MR) is 110 cm³/mol. The van der Waals surface area contributed by atoms with Gasteiger partial charge in [-0.3, -0.25) is 9.59 Å². The monoisotopic (exact) mass is 382 g/mol. The molecule has 7 atom stereocenters. The first-order valence-electron chi connectivity index (χ1n) is 10.9. The molecule has 2 saturated carbocycles. The Hall–Kier alpha value is -1.64. The fraction of sp³-hybridized carbons (Fsp3) is 0.680. The quantitative estimate of drug-likeness (QED) is 0.482. The Kier molecular flexibility index (Phi) is 4.52. The van der Waals surface area contributed by atoms with Gasteiger partial charge in [0.1, 0.15) is 11.9 Å². The van der Waals surface area contributed by atoms with Crippen molar-refractivity contribution in [1.82, 2.24) is 0 Å². The predicted octanol–water partition coefficient (Wildman–Crippen LogP) is 5.42. The molecule has 5 aliphatic rings. The van der Waals surface area contributed by atoms with Crippen LogP contribution in [0.2, 0.25) is 0 Å². The normalized spacial score (nSPS) is 43.8. The van der Waals surface area contributed by atoms with E-state index in [0.717, 1.165) is 32.1 Å². The maximum absolute atomic E-state index is 13.7. The Morgan fingerprint density at radius 1 is 1.36 bits per heavy atom. The number of allylic oxidation sites excluding steroid dienone is 4. The van der Waals surface area contributed by atoms with Gasteiger partial charge in [0.15, 0.2) is 0 Å². The molecule has 0 amide bonds. The minimum Gasteiger partial charge on any atom is -0.461 e. The average molecular weight is 383 g/mol. The van der Waals surface area contributed by atoms with Crippen molar-refractivity contribution in [1.29, 1.82) is 0 Å². The van der Waals surface area contributed by atoms with Crippen LogP contribution in [0.5, 0.6) is 0 Å². The first-order valence-corrected chi connectivity index (χ1v) is 10.9. The highest BCUT2D eigenvalue weighted by atomic mass is 16.6. The van der Waals surface area contributed by atoms with Gasteiger partial charge >= 0.3 is 5.97 Å². The number of hydrogen-bond acceptors (Lipinski definition) is 3. The number of carbonyl (C=O) groups is 2. The molecule has 0 aromatic heterocycles. The Morgan fingerprint density at radius 3 is 2.75 bits per heavy atom. The van der Waals surface area contributed by atoms with Crippen LogP contribution >= 0.6 is 0 Å². The van der Waals surface area contributed by atoms with E-state index < -0.39 is 5.41 Å². The van der Waals surface area contributed by atoms with Gasteiger partial charge < -0.3 is 4.74 Å². The number of esters is 1. The van der Waals surface area contributed by atoms with E-state index in [2.05, 4.69) is 46.4 Å². The molecule has 3 fully saturated rings. The van der Waals surface area contributed by atoms with Gasteiger partial charge in [0.2, 0.25) is 0 Å². The lowest BCUT2D eigenvalue weighted by Crippen LogP contribution is -2.66. The maximum atomic E-state index is 13.7. The number of ether oxygens (including phenoxy) is 1. The molecule has 1 spiro atoms. The zero-order valence-electron chi connectivity index (χ0n) is 18.0. The lowest BCUT2D eigenvalue weighted by atomic mass is 9.38. The molecule has 4 aliphatic carbocycles. The van der Waals surface area contributed by atoms with Crippen molar-refractivity contribution in [2.75, 3.05) is 0 Å². The third-order valence-electron chi connectivity index (χ3n) is 8.59. The second kappa shape index (κ2) is 6.43. The zero-order chi connectivity index (χ0) is 20.4. The van der Waals surface area contributed by atoms with E-state index in [1.54, 1.807) is 0 Å². The molecular weight excluding hydrogens is 348 g/mol. The largest absolute Gasteiger partial charge is 0.461 e. The molecule has 1 aliphatic heterocycles. The first kappa shape index (κ1) is 19.7. The zero-order valence-corrected chi connectivity index (χ0v) is 18.0. The lowest BCUT2D eigenvalue weighted by Gasteiger charge is -2.64. The van der Waals surface area contributed by atoms with Gasteiger partial charge in [-0.1, -0.05) is 49.3 Å². The minimum atomic E-state index is -0.418. The van der Waals surface area contributed by atoms with Gasteiger partial charge in [0, 0.05) is 22.7 Å². The number of hydrogen-bond donors (Lipinski definition) is 0. The van der Waals surface area contributed by atoms with Crippen molar-refractivity contribution in [3.8, 4) is 0 Å². The van der Waals surface area contributed by atoms with Gasteiger partial charge in [-0.2, -0.15) is 0 Å². The van der Waals surface area contributed by atoms with E-state index >= 15 is 0 Å². The summed E-state index contributed by atoms with van der Waals surface area (Å²) in [7, 11) is 0. The molecule has 3 heteroatoms. The summed E-state index contributed by atoms with van der Waals surface area (Å²) in [5.74, 6) is 0.546. The molecule has 28 heavy (non-hydrogen) atoms. The van der Waals surface area contributed by atoms with E-state index in [1.807, 2.05) is 6.92 Å². The lowest BCUT2D eigenvalue weighted by molar-refractivity contribution is -0.180. The van der Waals surface area contributed by atoms with Crippen LogP contribution in [0, 0.1) is 34.5 Å². The van der Waals surface area contributed by atoms with E-state index in [9.17, 15) is 9.59 Å². The van der Waals surface area contributed by atoms with Crippen molar-refractivity contribution >= 4 is 11.8 Å². The van der Waals surface area contributed by atoms with Gasteiger partial charge in [-0.05, 0) is 58.8 Å². The van der Waals surface area contributed by atoms with Crippen LogP contribution in [0.4, 0.5) is 0 Å². The average Bonchev–Trinajstić information content (AvgIpc) is 2.92. The molecule has 2 bridgehead atoms. The summed E-state index contributed by atoms with van der Waals surface area (Å²) in [6, 6.07) is 0. The summed E-state index contributed by atoms with van der Waals surface area (Å²) in [6.45, 7) is 14.9. The third kappa shape index (κ3) is 2.40. The van der Waals surface area contributed by atoms with Gasteiger partial charge in [0.25, 0.3) is 0 Å². The number of rotatable bonds is 4. The molecule has 1 saturated heterocycles. The highest BCUT2D eigenvalue weighted by Crippen LogP contribution is 2.70. The Bertz CT molecular complexity index is 799. The number of ketones is 1. The fourth-order valence-electron chi connectivity index (χ4n) is 6.89. The van der Waals surface area contributed by atoms with Crippen molar-refractivity contribution in [2.24, 2.45) is 34.5 Å². The molecule has 0 aromatic rings. The van der Waals surface area contributed by atoms with Crippen LogP contribution in [0.25, 0.3) is 0 Å². The molecular formula is C25H34O3. The number of carbonyl (C=O) groups excluding carboxylic acids is 2. The van der Waals surface area contributed by atoms with Crippen LogP contribution in [0.3, 0.4) is 0 Å². The molecule has 1 heterocycles. The van der Waals surface area contributed by atoms with E-state index in [1.165, 1.54) is 16.7 Å². The molecule has 152 valence electrons. The van der Waals surface area contributed by atoms with Crippen LogP contribution in [0.1, 0.15) is 66.7 Å². The summed E-state index contributed by atoms with van der Waals surface area (Å²) in [4.78, 5) is 26.1. The number of Topliss-reactive ketones (excluding diaryl/α,β-unsaturated/α-hetero) is 1. The van der Waals surface area contributed by atoms with Crippen molar-refractivity contribution in [3.05, 3.63) is 35.5 Å². The molecule has 0 radical (unpaired) electrons. The highest BCUT2D eigenvalue weighted by Gasteiger charge is 2.72. The second-order valence-corrected chi connectivity index (χ2v) is 10.2. The van der Waals surface area contributed by atoms with E-state index in [-0.39, 0.29) is 41.2 Å². The Morgan fingerprint density at radius 2 is 2.07 bits per heavy atom. The molecule has 0 N–H and O–H groups in total. The van der Waals surface area contributed by atoms with Gasteiger partial charge in [-0.15, -0.1) is 0 Å². The van der Waals surface area contributed by atoms with Crippen molar-refractivity contribution in [3.63, 3.8) is 0 Å². The summed E-state index contributed by atoms with van der Waals surface area (Å²) in [6.07, 6.45) is 8.85.